The van der Waals surface area contributed by atoms with Crippen LogP contribution in [0.2, 0.25) is 5.02 Å². The summed E-state index contributed by atoms with van der Waals surface area (Å²) in [5.41, 5.74) is 1.31. The first-order valence-corrected chi connectivity index (χ1v) is 10.3. The van der Waals surface area contributed by atoms with Crippen molar-refractivity contribution in [3.63, 3.8) is 0 Å². The second-order valence-electron chi connectivity index (χ2n) is 8.30. The monoisotopic (exact) mass is 443 g/mol. The van der Waals surface area contributed by atoms with Crippen LogP contribution in [0.4, 0.5) is 26.4 Å². The Morgan fingerprint density at radius 3 is 2.77 bits per heavy atom. The molecule has 1 amide bonds. The molecule has 0 radical (unpaired) electrons. The molecule has 1 aliphatic heterocycles. The zero-order chi connectivity index (χ0) is 22.2. The third-order valence-corrected chi connectivity index (χ3v) is 5.11. The maximum atomic E-state index is 14.4. The Balaban J connectivity index is 1.59. The van der Waals surface area contributed by atoms with Crippen LogP contribution in [0.15, 0.2) is 42.7 Å². The first-order chi connectivity index (χ1) is 14.7. The molecule has 0 aliphatic carbocycles. The summed E-state index contributed by atoms with van der Waals surface area (Å²) in [5, 5.41) is 3.78. The fourth-order valence-electron chi connectivity index (χ4n) is 3.34. The summed E-state index contributed by atoms with van der Waals surface area (Å²) in [6.45, 7) is 7.19. The van der Waals surface area contributed by atoms with Gasteiger partial charge in [0.1, 0.15) is 17.7 Å². The van der Waals surface area contributed by atoms with Gasteiger partial charge in [-0.3, -0.25) is 4.90 Å². The van der Waals surface area contributed by atoms with Crippen LogP contribution in [-0.2, 0) is 4.74 Å². The van der Waals surface area contributed by atoms with Gasteiger partial charge in [-0.1, -0.05) is 17.7 Å². The molecule has 1 aromatic heterocycles. The summed E-state index contributed by atoms with van der Waals surface area (Å²) in [6.07, 6.45) is 1.09. The fourth-order valence-corrected chi connectivity index (χ4v) is 3.52. The summed E-state index contributed by atoms with van der Waals surface area (Å²) in [4.78, 5) is 24.7. The second kappa shape index (κ2) is 8.19. The molecule has 1 fully saturated rings. The fraction of sp³-hybridized carbons (Fsp3) is 0.318. The number of anilines is 3. The van der Waals surface area contributed by atoms with Gasteiger partial charge in [0.15, 0.2) is 5.82 Å². The highest BCUT2D eigenvalue weighted by atomic mass is 35.5. The lowest BCUT2D eigenvalue weighted by atomic mass is 10.2. The molecule has 2 heterocycles. The van der Waals surface area contributed by atoms with Crippen LogP contribution in [0.3, 0.4) is 0 Å². The van der Waals surface area contributed by atoms with Crippen LogP contribution in [0.25, 0.3) is 10.9 Å². The molecule has 0 atom stereocenters. The number of carbonyl (C=O) groups is 1. The summed E-state index contributed by atoms with van der Waals surface area (Å²) < 4.78 is 19.8. The molecule has 1 aliphatic rings. The van der Waals surface area contributed by atoms with E-state index in [1.54, 1.807) is 17.0 Å². The smallest absolute Gasteiger partial charge is 0.411 e. The van der Waals surface area contributed by atoms with E-state index in [0.29, 0.717) is 31.1 Å². The predicted octanol–water partition coefficient (Wildman–Crippen LogP) is 5.18. The molecule has 9 heteroatoms. The Morgan fingerprint density at radius 1 is 1.19 bits per heavy atom. The average Bonchev–Trinajstić information content (AvgIpc) is 3.21. The normalized spacial score (nSPS) is 14.2. The van der Waals surface area contributed by atoms with Gasteiger partial charge in [0.05, 0.1) is 22.9 Å². The standard InChI is InChI=1S/C22H23ClFN5O2/c1-22(2,3)31-21(30)29-10-9-28(13-29)14-7-8-17-15(11-14)20(26-12-25-17)27-18-6-4-5-16(23)19(18)24/h4-8,11-12H,9-10,13H2,1-3H3,(H,25,26,27). The number of hydrogen-bond donors (Lipinski definition) is 1. The zero-order valence-corrected chi connectivity index (χ0v) is 18.3. The number of nitrogens with zero attached hydrogens (tertiary/aromatic N) is 4. The molecule has 7 nitrogen and oxygen atoms in total. The molecule has 0 spiro atoms. The van der Waals surface area contributed by atoms with E-state index in [0.717, 1.165) is 11.1 Å². The van der Waals surface area contributed by atoms with Gasteiger partial charge in [-0.2, -0.15) is 0 Å². The lowest BCUT2D eigenvalue weighted by Crippen LogP contribution is -2.36. The Bertz CT molecular complexity index is 1130. The van der Waals surface area contributed by atoms with Gasteiger partial charge >= 0.3 is 6.09 Å². The molecular weight excluding hydrogens is 421 g/mol. The van der Waals surface area contributed by atoms with E-state index < -0.39 is 11.4 Å². The minimum absolute atomic E-state index is 0.0309. The summed E-state index contributed by atoms with van der Waals surface area (Å²) in [7, 11) is 0. The number of ether oxygens (including phenoxy) is 1. The van der Waals surface area contributed by atoms with E-state index in [-0.39, 0.29) is 16.8 Å². The summed E-state index contributed by atoms with van der Waals surface area (Å²) >= 11 is 5.89. The molecule has 2 aromatic carbocycles. The quantitative estimate of drug-likeness (QED) is 0.601. The van der Waals surface area contributed by atoms with Crippen LogP contribution in [0.5, 0.6) is 0 Å². The van der Waals surface area contributed by atoms with E-state index >= 15 is 0 Å². The van der Waals surface area contributed by atoms with Crippen molar-refractivity contribution in [1.82, 2.24) is 14.9 Å². The lowest BCUT2D eigenvalue weighted by Gasteiger charge is -2.25. The number of nitrogens with one attached hydrogen (secondary N) is 1. The van der Waals surface area contributed by atoms with Crippen molar-refractivity contribution in [3.05, 3.63) is 53.6 Å². The number of hydrogen-bond acceptors (Lipinski definition) is 6. The third kappa shape index (κ3) is 4.64. The Morgan fingerprint density at radius 2 is 2.00 bits per heavy atom. The molecule has 31 heavy (non-hydrogen) atoms. The highest BCUT2D eigenvalue weighted by molar-refractivity contribution is 6.31. The highest BCUT2D eigenvalue weighted by Gasteiger charge is 2.28. The van der Waals surface area contributed by atoms with E-state index in [4.69, 9.17) is 16.3 Å². The van der Waals surface area contributed by atoms with Crippen molar-refractivity contribution < 1.29 is 13.9 Å². The number of benzene rings is 2. The van der Waals surface area contributed by atoms with Crippen molar-refractivity contribution in [2.45, 2.75) is 26.4 Å². The number of aromatic nitrogens is 2. The Labute approximate surface area is 184 Å². The van der Waals surface area contributed by atoms with Gasteiger partial charge in [-0.25, -0.2) is 19.2 Å². The predicted molar refractivity (Wildman–Crippen MR) is 119 cm³/mol. The van der Waals surface area contributed by atoms with Crippen molar-refractivity contribution in [3.8, 4) is 0 Å². The molecular formula is C22H23ClFN5O2. The van der Waals surface area contributed by atoms with E-state index in [1.165, 1.54) is 12.4 Å². The van der Waals surface area contributed by atoms with Gasteiger partial charge < -0.3 is 15.0 Å². The number of halogens is 2. The number of fused-ring (bicyclic) bond motifs is 1. The molecule has 1 N–H and O–H groups in total. The third-order valence-electron chi connectivity index (χ3n) is 4.82. The van der Waals surface area contributed by atoms with Crippen LogP contribution < -0.4 is 10.2 Å². The summed E-state index contributed by atoms with van der Waals surface area (Å²) in [6, 6.07) is 10.5. The van der Waals surface area contributed by atoms with Crippen molar-refractivity contribution in [2.75, 3.05) is 30.0 Å². The average molecular weight is 444 g/mol. The van der Waals surface area contributed by atoms with Gasteiger partial charge in [0, 0.05) is 24.2 Å². The van der Waals surface area contributed by atoms with E-state index in [2.05, 4.69) is 20.2 Å². The van der Waals surface area contributed by atoms with Crippen LogP contribution >= 0.6 is 11.6 Å². The molecule has 4 rings (SSSR count). The minimum Gasteiger partial charge on any atom is -0.444 e. The number of rotatable bonds is 3. The second-order valence-corrected chi connectivity index (χ2v) is 8.71. The van der Waals surface area contributed by atoms with Crippen molar-refractivity contribution >= 4 is 45.8 Å². The van der Waals surface area contributed by atoms with E-state index in [9.17, 15) is 9.18 Å². The highest BCUT2D eigenvalue weighted by Crippen LogP contribution is 2.31. The number of amides is 1. The van der Waals surface area contributed by atoms with Gasteiger partial charge in [-0.05, 0) is 51.1 Å². The van der Waals surface area contributed by atoms with Gasteiger partial charge in [0.2, 0.25) is 0 Å². The zero-order valence-electron chi connectivity index (χ0n) is 17.5. The topological polar surface area (TPSA) is 70.6 Å². The minimum atomic E-state index is -0.542. The molecule has 1 saturated heterocycles. The molecule has 0 saturated carbocycles. The Kier molecular flexibility index (Phi) is 5.58. The van der Waals surface area contributed by atoms with Crippen LogP contribution in [-0.4, -0.2) is 46.3 Å². The maximum Gasteiger partial charge on any atom is 0.411 e. The molecule has 0 unspecified atom stereocenters. The first-order valence-electron chi connectivity index (χ1n) is 9.90. The first kappa shape index (κ1) is 21.1. The molecule has 162 valence electrons. The van der Waals surface area contributed by atoms with Gasteiger partial charge in [0.25, 0.3) is 0 Å². The van der Waals surface area contributed by atoms with Crippen LogP contribution in [0.1, 0.15) is 20.8 Å². The largest absolute Gasteiger partial charge is 0.444 e. The molecule has 3 aromatic rings. The van der Waals surface area contributed by atoms with Crippen molar-refractivity contribution in [2.24, 2.45) is 0 Å². The summed E-state index contributed by atoms with van der Waals surface area (Å²) in [5.74, 6) is -0.0733. The van der Waals surface area contributed by atoms with Gasteiger partial charge in [-0.15, -0.1) is 0 Å². The van der Waals surface area contributed by atoms with Crippen LogP contribution in [0, 0.1) is 5.82 Å². The van der Waals surface area contributed by atoms with Crippen molar-refractivity contribution in [1.29, 1.82) is 0 Å². The SMILES string of the molecule is CC(C)(C)OC(=O)N1CCN(c2ccc3ncnc(Nc4cccc(Cl)c4F)c3c2)C1. The molecule has 0 bridgehead atoms. The maximum absolute atomic E-state index is 14.4. The number of carbonyl (C=O) groups excluding carboxylic acids is 1. The Hall–Kier alpha value is -3.13. The lowest BCUT2D eigenvalue weighted by molar-refractivity contribution is 0.0297. The van der Waals surface area contributed by atoms with E-state index in [1.807, 2.05) is 39.0 Å².